The number of rotatable bonds is 7. The van der Waals surface area contributed by atoms with Gasteiger partial charge in [0.1, 0.15) is 6.54 Å². The molecule has 6 nitrogen and oxygen atoms in total. The van der Waals surface area contributed by atoms with Crippen molar-refractivity contribution in [1.29, 1.82) is 0 Å². The molecule has 1 saturated heterocycles. The van der Waals surface area contributed by atoms with Crippen molar-refractivity contribution in [2.45, 2.75) is 57.8 Å². The van der Waals surface area contributed by atoms with Gasteiger partial charge in [-0.1, -0.05) is 30.3 Å². The number of nitrogens with one attached hydrogen (secondary N) is 3. The third kappa shape index (κ3) is 5.73. The minimum absolute atomic E-state index is 0.00944. The summed E-state index contributed by atoms with van der Waals surface area (Å²) in [5.74, 6) is 0.743. The fourth-order valence-corrected chi connectivity index (χ4v) is 3.41. The van der Waals surface area contributed by atoms with Gasteiger partial charge in [0.15, 0.2) is 5.96 Å². The van der Waals surface area contributed by atoms with Gasteiger partial charge in [0.05, 0.1) is 0 Å². The van der Waals surface area contributed by atoms with Gasteiger partial charge in [-0.15, -0.1) is 0 Å². The maximum absolute atomic E-state index is 11.9. The van der Waals surface area contributed by atoms with Crippen LogP contribution in [0.15, 0.2) is 35.3 Å². The van der Waals surface area contributed by atoms with E-state index in [2.05, 4.69) is 63.1 Å². The van der Waals surface area contributed by atoms with Crippen LogP contribution >= 0.6 is 0 Å². The minimum Gasteiger partial charge on any atom is -0.357 e. The van der Waals surface area contributed by atoms with E-state index >= 15 is 0 Å². The Morgan fingerprint density at radius 2 is 1.96 bits per heavy atom. The highest BCUT2D eigenvalue weighted by molar-refractivity contribution is 5.85. The molecule has 1 aliphatic carbocycles. The molecule has 2 unspecified atom stereocenters. The summed E-state index contributed by atoms with van der Waals surface area (Å²) in [6, 6.07) is 11.8. The number of benzene rings is 1. The molecule has 0 aromatic heterocycles. The van der Waals surface area contributed by atoms with E-state index in [0.717, 1.165) is 44.9 Å². The highest BCUT2D eigenvalue weighted by Crippen LogP contribution is 2.20. The first-order valence-electron chi connectivity index (χ1n) is 9.76. The van der Waals surface area contributed by atoms with Crippen molar-refractivity contribution in [2.24, 2.45) is 4.99 Å². The van der Waals surface area contributed by atoms with Crippen LogP contribution in [0.1, 0.15) is 38.7 Å². The lowest BCUT2D eigenvalue weighted by molar-refractivity contribution is -0.119. The van der Waals surface area contributed by atoms with E-state index in [-0.39, 0.29) is 12.5 Å². The Balaban J connectivity index is 1.51. The number of carbonyl (C=O) groups excluding carboxylic acids is 1. The van der Waals surface area contributed by atoms with Gasteiger partial charge < -0.3 is 16.0 Å². The van der Waals surface area contributed by atoms with Crippen LogP contribution < -0.4 is 16.0 Å². The van der Waals surface area contributed by atoms with E-state index in [9.17, 15) is 4.79 Å². The molecular weight excluding hydrogens is 326 g/mol. The monoisotopic (exact) mass is 357 g/mol. The van der Waals surface area contributed by atoms with Crippen molar-refractivity contribution < 1.29 is 4.79 Å². The molecule has 0 bridgehead atoms. The molecule has 1 aliphatic heterocycles. The Bertz CT molecular complexity index is 614. The van der Waals surface area contributed by atoms with Gasteiger partial charge in [0.2, 0.25) is 5.91 Å². The number of guanidine groups is 1. The van der Waals surface area contributed by atoms with Crippen molar-refractivity contribution in [3.63, 3.8) is 0 Å². The van der Waals surface area contributed by atoms with Gasteiger partial charge in [0.25, 0.3) is 0 Å². The van der Waals surface area contributed by atoms with Crippen molar-refractivity contribution in [3.8, 4) is 0 Å². The number of aliphatic imine (C=N–C) groups is 1. The zero-order valence-corrected chi connectivity index (χ0v) is 15.9. The lowest BCUT2D eigenvalue weighted by atomic mass is 10.2. The molecule has 1 saturated carbocycles. The number of carbonyl (C=O) groups is 1. The average Bonchev–Trinajstić information content (AvgIpc) is 3.37. The fraction of sp³-hybridized carbons (Fsp3) is 0.600. The molecule has 0 spiro atoms. The van der Waals surface area contributed by atoms with E-state index in [0.29, 0.717) is 18.1 Å². The fourth-order valence-electron chi connectivity index (χ4n) is 3.41. The van der Waals surface area contributed by atoms with Crippen molar-refractivity contribution >= 4 is 11.9 Å². The Morgan fingerprint density at radius 3 is 2.65 bits per heavy atom. The van der Waals surface area contributed by atoms with Crippen LogP contribution in [-0.4, -0.2) is 54.5 Å². The summed E-state index contributed by atoms with van der Waals surface area (Å²) in [4.78, 5) is 18.8. The molecule has 0 radical (unpaired) electrons. The molecule has 2 atom stereocenters. The number of likely N-dealkylation sites (tertiary alicyclic amines) is 1. The molecule has 1 aromatic carbocycles. The van der Waals surface area contributed by atoms with Crippen LogP contribution in [0.2, 0.25) is 0 Å². The molecule has 2 aliphatic rings. The highest BCUT2D eigenvalue weighted by atomic mass is 16.2. The summed E-state index contributed by atoms with van der Waals surface area (Å²) in [5.41, 5.74) is 1.34. The molecule has 142 valence electrons. The molecule has 26 heavy (non-hydrogen) atoms. The zero-order chi connectivity index (χ0) is 18.4. The first-order valence-corrected chi connectivity index (χ1v) is 9.76. The number of hydrogen-bond acceptors (Lipinski definition) is 3. The molecule has 2 fully saturated rings. The van der Waals surface area contributed by atoms with Gasteiger partial charge in [-0.3, -0.25) is 9.69 Å². The molecule has 1 amide bonds. The smallest absolute Gasteiger partial charge is 0.242 e. The van der Waals surface area contributed by atoms with Crippen molar-refractivity contribution in [3.05, 3.63) is 35.9 Å². The topological polar surface area (TPSA) is 68.8 Å². The minimum atomic E-state index is 0.00944. The predicted molar refractivity (Wildman–Crippen MR) is 105 cm³/mol. The van der Waals surface area contributed by atoms with Crippen LogP contribution in [0.3, 0.4) is 0 Å². The third-order valence-corrected chi connectivity index (χ3v) is 4.94. The van der Waals surface area contributed by atoms with Crippen LogP contribution in [0, 0.1) is 0 Å². The lowest BCUT2D eigenvalue weighted by Gasteiger charge is -2.21. The first-order chi connectivity index (χ1) is 12.6. The van der Waals surface area contributed by atoms with E-state index in [1.54, 1.807) is 0 Å². The summed E-state index contributed by atoms with van der Waals surface area (Å²) in [5, 5.41) is 9.73. The second kappa shape index (κ2) is 9.03. The van der Waals surface area contributed by atoms with Crippen LogP contribution in [0.4, 0.5) is 0 Å². The first kappa shape index (κ1) is 18.7. The number of amides is 1. The third-order valence-electron chi connectivity index (χ3n) is 4.94. The van der Waals surface area contributed by atoms with E-state index in [4.69, 9.17) is 0 Å². The summed E-state index contributed by atoms with van der Waals surface area (Å²) in [6.45, 7) is 7.23. The maximum Gasteiger partial charge on any atom is 0.242 e. The largest absolute Gasteiger partial charge is 0.357 e. The van der Waals surface area contributed by atoms with Gasteiger partial charge in [-0.2, -0.15) is 0 Å². The second-order valence-corrected chi connectivity index (χ2v) is 7.38. The number of nitrogens with zero attached hydrogens (tertiary/aromatic N) is 2. The maximum atomic E-state index is 11.9. The summed E-state index contributed by atoms with van der Waals surface area (Å²) in [6.07, 6.45) is 3.28. The normalized spacial score (nSPS) is 23.7. The SMILES string of the molecule is CCNC(=NCC(=O)NC1CC1)NC1CC(C)N(Cc2ccccc2)C1. The zero-order valence-electron chi connectivity index (χ0n) is 15.9. The molecular formula is C20H31N5O. The predicted octanol–water partition coefficient (Wildman–Crippen LogP) is 1.48. The molecule has 3 N–H and O–H groups in total. The summed E-state index contributed by atoms with van der Waals surface area (Å²) < 4.78 is 0. The van der Waals surface area contributed by atoms with E-state index < -0.39 is 0 Å². The Labute approximate surface area is 156 Å². The van der Waals surface area contributed by atoms with Crippen LogP contribution in [-0.2, 0) is 11.3 Å². The molecule has 6 heteroatoms. The Kier molecular flexibility index (Phi) is 6.50. The quantitative estimate of drug-likeness (QED) is 0.511. The molecule has 3 rings (SSSR count). The summed E-state index contributed by atoms with van der Waals surface area (Å²) >= 11 is 0. The highest BCUT2D eigenvalue weighted by Gasteiger charge is 2.29. The van der Waals surface area contributed by atoms with Gasteiger partial charge in [-0.25, -0.2) is 4.99 Å². The second-order valence-electron chi connectivity index (χ2n) is 7.38. The van der Waals surface area contributed by atoms with E-state index in [1.165, 1.54) is 5.56 Å². The van der Waals surface area contributed by atoms with Crippen molar-refractivity contribution in [2.75, 3.05) is 19.6 Å². The van der Waals surface area contributed by atoms with Gasteiger partial charge in [0, 0.05) is 37.8 Å². The average molecular weight is 358 g/mol. The van der Waals surface area contributed by atoms with Crippen molar-refractivity contribution in [1.82, 2.24) is 20.9 Å². The molecule has 1 aromatic rings. The molecule has 1 heterocycles. The number of hydrogen-bond donors (Lipinski definition) is 3. The van der Waals surface area contributed by atoms with Gasteiger partial charge >= 0.3 is 0 Å². The Morgan fingerprint density at radius 1 is 1.19 bits per heavy atom. The standard InChI is InChI=1S/C20H31N5O/c1-3-21-20(22-12-19(26)23-17-9-10-17)24-18-11-15(2)25(14-18)13-16-7-5-4-6-8-16/h4-8,15,17-18H,3,9-14H2,1-2H3,(H,23,26)(H2,21,22,24). The summed E-state index contributed by atoms with van der Waals surface area (Å²) in [7, 11) is 0. The Hall–Kier alpha value is -2.08. The van der Waals surface area contributed by atoms with Crippen LogP contribution in [0.5, 0.6) is 0 Å². The van der Waals surface area contributed by atoms with E-state index in [1.807, 2.05) is 6.92 Å². The van der Waals surface area contributed by atoms with Crippen LogP contribution in [0.25, 0.3) is 0 Å². The van der Waals surface area contributed by atoms with Gasteiger partial charge in [-0.05, 0) is 38.7 Å². The lowest BCUT2D eigenvalue weighted by Crippen LogP contribution is -2.45.